The van der Waals surface area contributed by atoms with E-state index in [0.717, 1.165) is 22.8 Å². The van der Waals surface area contributed by atoms with Crippen LogP contribution in [-0.2, 0) is 9.53 Å². The van der Waals surface area contributed by atoms with Crippen LogP contribution in [0.15, 0.2) is 30.3 Å². The van der Waals surface area contributed by atoms with Crippen LogP contribution in [0, 0.1) is 25.5 Å². The number of ether oxygens (including phenoxy) is 1. The number of hydrogen-bond acceptors (Lipinski definition) is 2. The van der Waals surface area contributed by atoms with Gasteiger partial charge in [0.1, 0.15) is 0 Å². The van der Waals surface area contributed by atoms with Crippen LogP contribution in [0.5, 0.6) is 0 Å². The Bertz CT molecular complexity index is 703. The van der Waals surface area contributed by atoms with Gasteiger partial charge in [-0.25, -0.2) is 8.78 Å². The molecular formula is C18H18F2O2. The molecular weight excluding hydrogens is 286 g/mol. The lowest BCUT2D eigenvalue weighted by Gasteiger charge is -2.15. The topological polar surface area (TPSA) is 26.3 Å². The molecule has 0 aromatic heterocycles. The Labute approximate surface area is 128 Å². The number of methoxy groups -OCH3 is 1. The second-order valence-corrected chi connectivity index (χ2v) is 5.37. The molecule has 0 aliphatic rings. The van der Waals surface area contributed by atoms with E-state index in [1.807, 2.05) is 32.0 Å². The van der Waals surface area contributed by atoms with Crippen LogP contribution in [0.25, 0.3) is 11.1 Å². The van der Waals surface area contributed by atoms with Crippen LogP contribution in [0.2, 0.25) is 0 Å². The maximum Gasteiger partial charge on any atom is 0.312 e. The molecule has 0 N–H and O–H groups in total. The summed E-state index contributed by atoms with van der Waals surface area (Å²) >= 11 is 0. The second kappa shape index (κ2) is 6.26. The number of hydrogen-bond donors (Lipinski definition) is 0. The van der Waals surface area contributed by atoms with Gasteiger partial charge >= 0.3 is 5.97 Å². The molecule has 2 aromatic rings. The third kappa shape index (κ3) is 2.86. The maximum absolute atomic E-state index is 14.1. The third-order valence-corrected chi connectivity index (χ3v) is 3.85. The van der Waals surface area contributed by atoms with Gasteiger partial charge in [0.05, 0.1) is 13.0 Å². The van der Waals surface area contributed by atoms with E-state index in [2.05, 4.69) is 4.74 Å². The van der Waals surface area contributed by atoms with Crippen molar-refractivity contribution in [3.05, 3.63) is 58.7 Å². The minimum Gasteiger partial charge on any atom is -0.469 e. The van der Waals surface area contributed by atoms with Crippen LogP contribution in [-0.4, -0.2) is 13.1 Å². The first-order chi connectivity index (χ1) is 10.4. The Balaban J connectivity index is 2.65. The fourth-order valence-electron chi connectivity index (χ4n) is 2.64. The van der Waals surface area contributed by atoms with Crippen molar-refractivity contribution < 1.29 is 18.3 Å². The van der Waals surface area contributed by atoms with E-state index in [1.165, 1.54) is 20.1 Å². The molecule has 1 atom stereocenters. The zero-order valence-corrected chi connectivity index (χ0v) is 13.0. The zero-order chi connectivity index (χ0) is 16.4. The first kappa shape index (κ1) is 16.1. The van der Waals surface area contributed by atoms with Gasteiger partial charge in [-0.3, -0.25) is 4.79 Å². The molecule has 0 fully saturated rings. The lowest BCUT2D eigenvalue weighted by atomic mass is 9.91. The molecule has 0 saturated heterocycles. The normalized spacial score (nSPS) is 12.1. The number of halogens is 2. The standard InChI is InChI=1S/C18H18F2O2/c1-10-6-5-7-11(2)16(10)13-8-14(12(3)18(21)22-4)17(20)15(19)9-13/h5-9,12H,1-4H3. The maximum atomic E-state index is 14.1. The van der Waals surface area contributed by atoms with Crippen LogP contribution in [0.4, 0.5) is 8.78 Å². The molecule has 0 heterocycles. The molecule has 0 saturated carbocycles. The van der Waals surface area contributed by atoms with Gasteiger partial charge in [-0.1, -0.05) is 18.2 Å². The monoisotopic (exact) mass is 304 g/mol. The first-order valence-electron chi connectivity index (χ1n) is 7.00. The molecule has 1 unspecified atom stereocenters. The summed E-state index contributed by atoms with van der Waals surface area (Å²) in [7, 11) is 1.22. The van der Waals surface area contributed by atoms with Crippen molar-refractivity contribution in [2.45, 2.75) is 26.7 Å². The predicted molar refractivity (Wildman–Crippen MR) is 81.7 cm³/mol. The molecule has 22 heavy (non-hydrogen) atoms. The van der Waals surface area contributed by atoms with E-state index in [4.69, 9.17) is 0 Å². The Kier molecular flexibility index (Phi) is 4.59. The predicted octanol–water partition coefficient (Wildman–Crippen LogP) is 4.53. The van der Waals surface area contributed by atoms with Crippen molar-refractivity contribution in [2.75, 3.05) is 7.11 Å². The molecule has 0 aliphatic carbocycles. The van der Waals surface area contributed by atoms with E-state index < -0.39 is 23.5 Å². The van der Waals surface area contributed by atoms with Gasteiger partial charge in [-0.15, -0.1) is 0 Å². The summed E-state index contributed by atoms with van der Waals surface area (Å²) in [6, 6.07) is 8.42. The third-order valence-electron chi connectivity index (χ3n) is 3.85. The lowest BCUT2D eigenvalue weighted by molar-refractivity contribution is -0.142. The highest BCUT2D eigenvalue weighted by Gasteiger charge is 2.23. The Morgan fingerprint density at radius 1 is 1.14 bits per heavy atom. The number of carbonyl (C=O) groups is 1. The first-order valence-corrected chi connectivity index (χ1v) is 7.00. The highest BCUT2D eigenvalue weighted by molar-refractivity contribution is 5.79. The van der Waals surface area contributed by atoms with Crippen LogP contribution in [0.1, 0.15) is 29.5 Å². The fraction of sp³-hybridized carbons (Fsp3) is 0.278. The molecule has 4 heteroatoms. The SMILES string of the molecule is COC(=O)C(C)c1cc(-c2c(C)cccc2C)cc(F)c1F. The van der Waals surface area contributed by atoms with Gasteiger partial charge in [0.15, 0.2) is 11.6 Å². The summed E-state index contributed by atoms with van der Waals surface area (Å²) in [6.45, 7) is 5.32. The van der Waals surface area contributed by atoms with Crippen LogP contribution >= 0.6 is 0 Å². The van der Waals surface area contributed by atoms with Gasteiger partial charge in [-0.2, -0.15) is 0 Å². The molecule has 0 bridgehead atoms. The highest BCUT2D eigenvalue weighted by atomic mass is 19.2. The van der Waals surface area contributed by atoms with E-state index in [9.17, 15) is 13.6 Å². The average Bonchev–Trinajstić information content (AvgIpc) is 2.48. The quantitative estimate of drug-likeness (QED) is 0.779. The van der Waals surface area contributed by atoms with Gasteiger partial charge in [0.25, 0.3) is 0 Å². The molecule has 116 valence electrons. The molecule has 0 amide bonds. The molecule has 2 aromatic carbocycles. The Morgan fingerprint density at radius 3 is 2.27 bits per heavy atom. The summed E-state index contributed by atoms with van der Waals surface area (Å²) in [5, 5.41) is 0. The average molecular weight is 304 g/mol. The zero-order valence-electron chi connectivity index (χ0n) is 13.0. The minimum atomic E-state index is -1.01. The number of aryl methyl sites for hydroxylation is 2. The van der Waals surface area contributed by atoms with E-state index in [-0.39, 0.29) is 5.56 Å². The molecule has 0 spiro atoms. The van der Waals surface area contributed by atoms with E-state index >= 15 is 0 Å². The lowest BCUT2D eigenvalue weighted by Crippen LogP contribution is -2.13. The van der Waals surface area contributed by atoms with Gasteiger partial charge < -0.3 is 4.74 Å². The van der Waals surface area contributed by atoms with Crippen LogP contribution in [0.3, 0.4) is 0 Å². The smallest absolute Gasteiger partial charge is 0.312 e. The number of carbonyl (C=O) groups excluding carboxylic acids is 1. The van der Waals surface area contributed by atoms with Crippen molar-refractivity contribution in [1.29, 1.82) is 0 Å². The molecule has 2 nitrogen and oxygen atoms in total. The van der Waals surface area contributed by atoms with Gasteiger partial charge in [0, 0.05) is 5.56 Å². The minimum absolute atomic E-state index is 0.00417. The molecule has 2 rings (SSSR count). The Hall–Kier alpha value is -2.23. The largest absolute Gasteiger partial charge is 0.469 e. The summed E-state index contributed by atoms with van der Waals surface area (Å²) < 4.78 is 32.7. The van der Waals surface area contributed by atoms with E-state index in [1.54, 1.807) is 0 Å². The van der Waals surface area contributed by atoms with Gasteiger partial charge in [-0.05, 0) is 55.2 Å². The van der Waals surface area contributed by atoms with Gasteiger partial charge in [0.2, 0.25) is 0 Å². The van der Waals surface area contributed by atoms with Crippen molar-refractivity contribution in [1.82, 2.24) is 0 Å². The van der Waals surface area contributed by atoms with E-state index in [0.29, 0.717) is 5.56 Å². The van der Waals surface area contributed by atoms with Crippen LogP contribution < -0.4 is 0 Å². The Morgan fingerprint density at radius 2 is 1.73 bits per heavy atom. The van der Waals surface area contributed by atoms with Crippen molar-refractivity contribution in [3.63, 3.8) is 0 Å². The number of esters is 1. The summed E-state index contributed by atoms with van der Waals surface area (Å²) in [5.74, 6) is -3.44. The summed E-state index contributed by atoms with van der Waals surface area (Å²) in [6.07, 6.45) is 0. The van der Waals surface area contributed by atoms with Crippen molar-refractivity contribution >= 4 is 5.97 Å². The molecule has 0 aliphatic heterocycles. The number of rotatable bonds is 3. The van der Waals surface area contributed by atoms with Crippen molar-refractivity contribution in [2.24, 2.45) is 0 Å². The number of benzene rings is 2. The van der Waals surface area contributed by atoms with Crippen molar-refractivity contribution in [3.8, 4) is 11.1 Å². The molecule has 0 radical (unpaired) electrons. The fourth-order valence-corrected chi connectivity index (χ4v) is 2.64. The second-order valence-electron chi connectivity index (χ2n) is 5.37. The summed E-state index contributed by atoms with van der Waals surface area (Å²) in [5.41, 5.74) is 3.33. The highest BCUT2D eigenvalue weighted by Crippen LogP contribution is 2.32. The summed E-state index contributed by atoms with van der Waals surface area (Å²) in [4.78, 5) is 11.6.